The number of amides is 1. The fourth-order valence-electron chi connectivity index (χ4n) is 2.73. The Morgan fingerprint density at radius 1 is 1.21 bits per heavy atom. The summed E-state index contributed by atoms with van der Waals surface area (Å²) >= 11 is 6.87. The zero-order chi connectivity index (χ0) is 19.5. The van der Waals surface area contributed by atoms with Crippen LogP contribution in [0, 0.1) is 11.7 Å². The van der Waals surface area contributed by atoms with E-state index in [1.807, 2.05) is 53.3 Å². The van der Waals surface area contributed by atoms with Crippen molar-refractivity contribution >= 4 is 35.1 Å². The van der Waals surface area contributed by atoms with E-state index in [1.165, 1.54) is 0 Å². The summed E-state index contributed by atoms with van der Waals surface area (Å²) in [5.74, 6) is 2.04. The summed E-state index contributed by atoms with van der Waals surface area (Å²) in [6, 6.07) is 11.3. The van der Waals surface area contributed by atoms with Crippen molar-refractivity contribution in [3.05, 3.63) is 52.4 Å². The number of thiophene rings is 1. The molecule has 0 aliphatic rings. The first-order chi connectivity index (χ1) is 13.6. The standard InChI is InChI=1S/C18H17N7OS2/c1-11-19-16(22-21-11)12-4-6-13(7-5-12)20-15(26)8-9-25-17(23-24-18(25)27)14-3-2-10-28-14/h2-7,10H,8-9H2,1H3,(H,20,26)(H,24,27)(H,19,21,22). The second-order valence-electron chi connectivity index (χ2n) is 6.10. The zero-order valence-electron chi connectivity index (χ0n) is 15.0. The minimum Gasteiger partial charge on any atom is -0.326 e. The fourth-order valence-corrected chi connectivity index (χ4v) is 3.68. The number of carbonyl (C=O) groups excluding carboxylic acids is 1. The van der Waals surface area contributed by atoms with Crippen LogP contribution in [0.15, 0.2) is 41.8 Å². The van der Waals surface area contributed by atoms with Gasteiger partial charge in [-0.2, -0.15) is 10.2 Å². The number of aromatic amines is 2. The van der Waals surface area contributed by atoms with E-state index in [1.54, 1.807) is 11.3 Å². The van der Waals surface area contributed by atoms with E-state index < -0.39 is 0 Å². The first kappa shape index (κ1) is 18.3. The number of nitrogens with one attached hydrogen (secondary N) is 3. The van der Waals surface area contributed by atoms with Crippen LogP contribution in [-0.2, 0) is 11.3 Å². The van der Waals surface area contributed by atoms with Gasteiger partial charge in [-0.1, -0.05) is 6.07 Å². The lowest BCUT2D eigenvalue weighted by Crippen LogP contribution is -2.15. The summed E-state index contributed by atoms with van der Waals surface area (Å²) < 4.78 is 2.34. The van der Waals surface area contributed by atoms with Gasteiger partial charge in [0.2, 0.25) is 5.91 Å². The second kappa shape index (κ2) is 7.87. The van der Waals surface area contributed by atoms with E-state index >= 15 is 0 Å². The van der Waals surface area contributed by atoms with Gasteiger partial charge in [-0.15, -0.1) is 11.3 Å². The van der Waals surface area contributed by atoms with Crippen LogP contribution in [0.25, 0.3) is 22.1 Å². The Balaban J connectivity index is 1.39. The number of rotatable bonds is 6. The molecule has 0 saturated heterocycles. The van der Waals surface area contributed by atoms with E-state index in [2.05, 4.69) is 30.7 Å². The average molecular weight is 412 g/mol. The summed E-state index contributed by atoms with van der Waals surface area (Å²) in [5.41, 5.74) is 1.60. The predicted molar refractivity (Wildman–Crippen MR) is 111 cm³/mol. The Kier molecular flexibility index (Phi) is 5.13. The molecule has 3 heterocycles. The van der Waals surface area contributed by atoms with Crippen LogP contribution in [0.2, 0.25) is 0 Å². The van der Waals surface area contributed by atoms with Gasteiger partial charge in [-0.25, -0.2) is 4.98 Å². The van der Waals surface area contributed by atoms with Crippen LogP contribution in [0.5, 0.6) is 0 Å². The number of hydrogen-bond donors (Lipinski definition) is 3. The number of aryl methyl sites for hydroxylation is 1. The fraction of sp³-hybridized carbons (Fsp3) is 0.167. The lowest BCUT2D eigenvalue weighted by Gasteiger charge is -2.08. The Hall–Kier alpha value is -3.11. The maximum atomic E-state index is 12.4. The molecule has 0 aliphatic heterocycles. The summed E-state index contributed by atoms with van der Waals surface area (Å²) in [5, 5.41) is 18.9. The highest BCUT2D eigenvalue weighted by Gasteiger charge is 2.12. The van der Waals surface area contributed by atoms with Crippen LogP contribution in [-0.4, -0.2) is 35.9 Å². The van der Waals surface area contributed by atoms with Crippen LogP contribution in [0.3, 0.4) is 0 Å². The van der Waals surface area contributed by atoms with Crippen LogP contribution >= 0.6 is 23.6 Å². The van der Waals surface area contributed by atoms with Gasteiger partial charge < -0.3 is 5.32 Å². The second-order valence-corrected chi connectivity index (χ2v) is 7.44. The molecule has 0 aliphatic carbocycles. The monoisotopic (exact) mass is 411 g/mol. The number of benzene rings is 1. The molecular weight excluding hydrogens is 394 g/mol. The third-order valence-corrected chi connectivity index (χ3v) is 5.26. The molecule has 0 spiro atoms. The molecule has 0 radical (unpaired) electrons. The van der Waals surface area contributed by atoms with Gasteiger partial charge in [0.05, 0.1) is 4.88 Å². The van der Waals surface area contributed by atoms with Gasteiger partial charge in [-0.05, 0) is 54.9 Å². The normalized spacial score (nSPS) is 10.9. The molecule has 0 atom stereocenters. The number of aromatic nitrogens is 6. The van der Waals surface area contributed by atoms with E-state index in [-0.39, 0.29) is 12.3 Å². The highest BCUT2D eigenvalue weighted by Crippen LogP contribution is 2.23. The van der Waals surface area contributed by atoms with Gasteiger partial charge in [0, 0.05) is 24.2 Å². The molecule has 4 aromatic rings. The Morgan fingerprint density at radius 3 is 2.71 bits per heavy atom. The lowest BCUT2D eigenvalue weighted by atomic mass is 10.2. The van der Waals surface area contributed by atoms with Crippen molar-refractivity contribution in [2.24, 2.45) is 0 Å². The number of anilines is 1. The summed E-state index contributed by atoms with van der Waals surface area (Å²) in [6.07, 6.45) is 0.286. The van der Waals surface area contributed by atoms with Crippen molar-refractivity contribution in [2.45, 2.75) is 19.9 Å². The van der Waals surface area contributed by atoms with Gasteiger partial charge in [-0.3, -0.25) is 19.6 Å². The minimum atomic E-state index is -0.0956. The molecule has 3 aromatic heterocycles. The molecule has 0 saturated carbocycles. The van der Waals surface area contributed by atoms with E-state index in [0.717, 1.165) is 27.8 Å². The lowest BCUT2D eigenvalue weighted by molar-refractivity contribution is -0.116. The van der Waals surface area contributed by atoms with Crippen LogP contribution in [0.4, 0.5) is 5.69 Å². The third kappa shape index (κ3) is 3.92. The predicted octanol–water partition coefficient (Wildman–Crippen LogP) is 3.79. The number of hydrogen-bond acceptors (Lipinski definition) is 6. The van der Waals surface area contributed by atoms with Crippen molar-refractivity contribution in [3.63, 3.8) is 0 Å². The molecule has 3 N–H and O–H groups in total. The summed E-state index contributed by atoms with van der Waals surface area (Å²) in [6.45, 7) is 2.30. The molecule has 8 nitrogen and oxygen atoms in total. The van der Waals surface area contributed by atoms with Gasteiger partial charge in [0.25, 0.3) is 0 Å². The summed E-state index contributed by atoms with van der Waals surface area (Å²) in [7, 11) is 0. The van der Waals surface area contributed by atoms with Gasteiger partial charge in [0.1, 0.15) is 5.82 Å². The van der Waals surface area contributed by atoms with Crippen molar-refractivity contribution in [1.29, 1.82) is 0 Å². The molecule has 4 rings (SSSR count). The minimum absolute atomic E-state index is 0.0956. The molecule has 142 valence electrons. The molecule has 0 unspecified atom stereocenters. The first-order valence-corrected chi connectivity index (χ1v) is 9.87. The molecule has 10 heteroatoms. The maximum Gasteiger partial charge on any atom is 0.226 e. The quantitative estimate of drug-likeness (QED) is 0.419. The molecule has 0 bridgehead atoms. The highest BCUT2D eigenvalue weighted by atomic mass is 32.1. The van der Waals surface area contributed by atoms with Crippen molar-refractivity contribution in [2.75, 3.05) is 5.32 Å². The largest absolute Gasteiger partial charge is 0.326 e. The van der Waals surface area contributed by atoms with E-state index in [4.69, 9.17) is 12.2 Å². The maximum absolute atomic E-state index is 12.4. The first-order valence-electron chi connectivity index (χ1n) is 8.58. The van der Waals surface area contributed by atoms with Crippen molar-refractivity contribution in [1.82, 2.24) is 29.9 Å². The van der Waals surface area contributed by atoms with Crippen molar-refractivity contribution < 1.29 is 4.79 Å². The van der Waals surface area contributed by atoms with Gasteiger partial charge >= 0.3 is 0 Å². The zero-order valence-corrected chi connectivity index (χ0v) is 16.6. The summed E-state index contributed by atoms with van der Waals surface area (Å²) in [4.78, 5) is 17.7. The van der Waals surface area contributed by atoms with E-state index in [9.17, 15) is 4.79 Å². The van der Waals surface area contributed by atoms with E-state index in [0.29, 0.717) is 17.1 Å². The highest BCUT2D eigenvalue weighted by molar-refractivity contribution is 7.71. The Bertz CT molecular complexity index is 1140. The molecular formula is C18H17N7OS2. The topological polar surface area (TPSA) is 104 Å². The Morgan fingerprint density at radius 2 is 2.04 bits per heavy atom. The molecule has 1 aromatic carbocycles. The van der Waals surface area contributed by atoms with Crippen LogP contribution in [0.1, 0.15) is 12.2 Å². The average Bonchev–Trinajstić information content (AvgIpc) is 3.42. The SMILES string of the molecule is Cc1nc(-c2ccc(NC(=O)CCn3c(-c4cccs4)n[nH]c3=S)cc2)n[nH]1. The Labute approximate surface area is 169 Å². The molecule has 28 heavy (non-hydrogen) atoms. The smallest absolute Gasteiger partial charge is 0.226 e. The number of nitrogens with zero attached hydrogens (tertiary/aromatic N) is 4. The third-order valence-electron chi connectivity index (χ3n) is 4.09. The molecule has 1 amide bonds. The van der Waals surface area contributed by atoms with Gasteiger partial charge in [0.15, 0.2) is 16.4 Å². The van der Waals surface area contributed by atoms with Crippen LogP contribution < -0.4 is 5.32 Å². The van der Waals surface area contributed by atoms with Crippen molar-refractivity contribution in [3.8, 4) is 22.1 Å². The number of carbonyl (C=O) groups is 1. The molecule has 0 fully saturated rings. The number of H-pyrrole nitrogens is 2.